The Hall–Kier alpha value is -1.10. The van der Waals surface area contributed by atoms with E-state index in [1.54, 1.807) is 0 Å². The fourth-order valence-corrected chi connectivity index (χ4v) is 3.20. The van der Waals surface area contributed by atoms with E-state index in [9.17, 15) is 0 Å². The average Bonchev–Trinajstić information content (AvgIpc) is 2.35. The first-order chi connectivity index (χ1) is 9.81. The van der Waals surface area contributed by atoms with Crippen LogP contribution in [0.4, 0.5) is 0 Å². The number of hydrogen-bond donors (Lipinski definition) is 1. The second-order valence-corrected chi connectivity index (χ2v) is 6.99. The highest BCUT2D eigenvalue weighted by molar-refractivity contribution is 5.32. The van der Waals surface area contributed by atoms with E-state index < -0.39 is 0 Å². The Labute approximate surface area is 128 Å². The van der Waals surface area contributed by atoms with Gasteiger partial charge in [-0.25, -0.2) is 0 Å². The Kier molecular flexibility index (Phi) is 4.91. The summed E-state index contributed by atoms with van der Waals surface area (Å²) in [4.78, 5) is 2.41. The topological polar surface area (TPSA) is 47.7 Å². The van der Waals surface area contributed by atoms with E-state index in [2.05, 4.69) is 32.6 Å². The SMILES string of the molecule is CC1(C)CN(CCOc2ccccc2CN)CC(C)(C)O1. The average molecular weight is 292 g/mol. The van der Waals surface area contributed by atoms with E-state index in [0.717, 1.165) is 30.9 Å². The summed E-state index contributed by atoms with van der Waals surface area (Å²) in [6.07, 6.45) is 0. The van der Waals surface area contributed by atoms with Gasteiger partial charge in [0.15, 0.2) is 0 Å². The number of nitrogens with two attached hydrogens (primary N) is 1. The fraction of sp³-hybridized carbons (Fsp3) is 0.647. The lowest BCUT2D eigenvalue weighted by Gasteiger charge is -2.47. The first-order valence-corrected chi connectivity index (χ1v) is 7.65. The number of ether oxygens (including phenoxy) is 2. The first-order valence-electron chi connectivity index (χ1n) is 7.65. The third-order valence-corrected chi connectivity index (χ3v) is 3.62. The fourth-order valence-electron chi connectivity index (χ4n) is 3.20. The third-order valence-electron chi connectivity index (χ3n) is 3.62. The lowest BCUT2D eigenvalue weighted by atomic mass is 9.99. The molecule has 4 nitrogen and oxygen atoms in total. The molecule has 0 radical (unpaired) electrons. The first kappa shape index (κ1) is 16.3. The molecule has 0 saturated carbocycles. The largest absolute Gasteiger partial charge is 0.492 e. The van der Waals surface area contributed by atoms with Crippen LogP contribution in [0.25, 0.3) is 0 Å². The van der Waals surface area contributed by atoms with Gasteiger partial charge < -0.3 is 15.2 Å². The molecule has 2 N–H and O–H groups in total. The Bertz CT molecular complexity index is 456. The molecule has 1 saturated heterocycles. The second-order valence-electron chi connectivity index (χ2n) is 6.99. The third kappa shape index (κ3) is 4.70. The predicted molar refractivity (Wildman–Crippen MR) is 85.5 cm³/mol. The molecule has 1 aliphatic rings. The minimum absolute atomic E-state index is 0.114. The van der Waals surface area contributed by atoms with Crippen LogP contribution in [0.3, 0.4) is 0 Å². The molecule has 1 aromatic carbocycles. The number of hydrogen-bond acceptors (Lipinski definition) is 4. The van der Waals surface area contributed by atoms with Crippen LogP contribution in [0.5, 0.6) is 5.75 Å². The number of para-hydroxylation sites is 1. The van der Waals surface area contributed by atoms with Crippen LogP contribution in [0.2, 0.25) is 0 Å². The molecular weight excluding hydrogens is 264 g/mol. The van der Waals surface area contributed by atoms with Gasteiger partial charge in [-0.2, -0.15) is 0 Å². The van der Waals surface area contributed by atoms with Crippen molar-refractivity contribution in [2.75, 3.05) is 26.2 Å². The van der Waals surface area contributed by atoms with Crippen LogP contribution in [0, 0.1) is 0 Å². The van der Waals surface area contributed by atoms with E-state index in [-0.39, 0.29) is 11.2 Å². The molecule has 1 fully saturated rings. The van der Waals surface area contributed by atoms with E-state index in [1.165, 1.54) is 0 Å². The standard InChI is InChI=1S/C17H28N2O2/c1-16(2)12-19(13-17(3,4)21-16)9-10-20-15-8-6-5-7-14(15)11-18/h5-8H,9-13,18H2,1-4H3. The van der Waals surface area contributed by atoms with Crippen LogP contribution in [0.1, 0.15) is 33.3 Å². The molecule has 0 bridgehead atoms. The molecule has 0 unspecified atom stereocenters. The summed E-state index contributed by atoms with van der Waals surface area (Å²) in [7, 11) is 0. The molecule has 1 aromatic rings. The highest BCUT2D eigenvalue weighted by atomic mass is 16.5. The maximum atomic E-state index is 6.09. The van der Waals surface area contributed by atoms with Crippen molar-refractivity contribution in [3.8, 4) is 5.75 Å². The van der Waals surface area contributed by atoms with Gasteiger partial charge in [0, 0.05) is 31.7 Å². The van der Waals surface area contributed by atoms with E-state index in [0.29, 0.717) is 13.2 Å². The van der Waals surface area contributed by atoms with Crippen LogP contribution in [-0.4, -0.2) is 42.3 Å². The molecule has 0 aliphatic carbocycles. The van der Waals surface area contributed by atoms with Crippen molar-refractivity contribution in [2.24, 2.45) is 5.73 Å². The van der Waals surface area contributed by atoms with Gasteiger partial charge >= 0.3 is 0 Å². The summed E-state index contributed by atoms with van der Waals surface area (Å²) >= 11 is 0. The molecule has 0 spiro atoms. The summed E-state index contributed by atoms with van der Waals surface area (Å²) < 4.78 is 12.0. The van der Waals surface area contributed by atoms with Crippen molar-refractivity contribution >= 4 is 0 Å². The van der Waals surface area contributed by atoms with Crippen molar-refractivity contribution in [1.29, 1.82) is 0 Å². The number of nitrogens with zero attached hydrogens (tertiary/aromatic N) is 1. The molecule has 0 atom stereocenters. The Balaban J connectivity index is 1.88. The molecule has 0 amide bonds. The zero-order valence-electron chi connectivity index (χ0n) is 13.7. The molecule has 118 valence electrons. The molecule has 1 aliphatic heterocycles. The molecule has 0 aromatic heterocycles. The van der Waals surface area contributed by atoms with Gasteiger partial charge in [0.05, 0.1) is 11.2 Å². The second kappa shape index (κ2) is 6.34. The summed E-state index contributed by atoms with van der Waals surface area (Å²) in [6.45, 7) is 12.5. The summed E-state index contributed by atoms with van der Waals surface area (Å²) in [6, 6.07) is 7.96. The van der Waals surface area contributed by atoms with Gasteiger partial charge in [-0.15, -0.1) is 0 Å². The maximum Gasteiger partial charge on any atom is 0.123 e. The summed E-state index contributed by atoms with van der Waals surface area (Å²) in [5.41, 5.74) is 6.56. The lowest BCUT2D eigenvalue weighted by molar-refractivity contribution is -0.181. The Morgan fingerprint density at radius 2 is 1.76 bits per heavy atom. The Morgan fingerprint density at radius 3 is 2.38 bits per heavy atom. The summed E-state index contributed by atoms with van der Waals surface area (Å²) in [5.74, 6) is 0.895. The Morgan fingerprint density at radius 1 is 1.14 bits per heavy atom. The molecule has 4 heteroatoms. The molecule has 21 heavy (non-hydrogen) atoms. The maximum absolute atomic E-state index is 6.09. The summed E-state index contributed by atoms with van der Waals surface area (Å²) in [5, 5.41) is 0. The van der Waals surface area contributed by atoms with Gasteiger partial charge in [-0.1, -0.05) is 18.2 Å². The van der Waals surface area contributed by atoms with Crippen LogP contribution in [-0.2, 0) is 11.3 Å². The van der Waals surface area contributed by atoms with Gasteiger partial charge in [0.2, 0.25) is 0 Å². The minimum Gasteiger partial charge on any atom is -0.492 e. The number of morpholine rings is 1. The van der Waals surface area contributed by atoms with Crippen molar-refractivity contribution in [3.63, 3.8) is 0 Å². The van der Waals surface area contributed by atoms with Gasteiger partial charge in [0.25, 0.3) is 0 Å². The van der Waals surface area contributed by atoms with Crippen LogP contribution in [0.15, 0.2) is 24.3 Å². The van der Waals surface area contributed by atoms with Crippen molar-refractivity contribution in [1.82, 2.24) is 4.90 Å². The molecule has 1 heterocycles. The highest BCUT2D eigenvalue weighted by Crippen LogP contribution is 2.27. The van der Waals surface area contributed by atoms with Crippen molar-refractivity contribution in [3.05, 3.63) is 29.8 Å². The van der Waals surface area contributed by atoms with Gasteiger partial charge in [-0.05, 0) is 33.8 Å². The van der Waals surface area contributed by atoms with Crippen molar-refractivity contribution in [2.45, 2.75) is 45.4 Å². The molecule has 2 rings (SSSR count). The van der Waals surface area contributed by atoms with E-state index in [1.807, 2.05) is 24.3 Å². The predicted octanol–water partition coefficient (Wildman–Crippen LogP) is 2.41. The highest BCUT2D eigenvalue weighted by Gasteiger charge is 2.37. The number of rotatable bonds is 5. The minimum atomic E-state index is -0.114. The van der Waals surface area contributed by atoms with Crippen LogP contribution >= 0.6 is 0 Å². The van der Waals surface area contributed by atoms with Gasteiger partial charge in [0.1, 0.15) is 12.4 Å². The molecular formula is C17H28N2O2. The normalized spacial score (nSPS) is 21.2. The lowest BCUT2D eigenvalue weighted by Crippen LogP contribution is -2.57. The zero-order chi connectivity index (χ0) is 15.5. The zero-order valence-corrected chi connectivity index (χ0v) is 13.7. The van der Waals surface area contributed by atoms with E-state index in [4.69, 9.17) is 15.2 Å². The van der Waals surface area contributed by atoms with Crippen LogP contribution < -0.4 is 10.5 Å². The van der Waals surface area contributed by atoms with Crippen molar-refractivity contribution < 1.29 is 9.47 Å². The monoisotopic (exact) mass is 292 g/mol. The van der Waals surface area contributed by atoms with Gasteiger partial charge in [-0.3, -0.25) is 4.90 Å². The smallest absolute Gasteiger partial charge is 0.123 e. The quantitative estimate of drug-likeness (QED) is 0.905. The number of benzene rings is 1. The van der Waals surface area contributed by atoms with E-state index >= 15 is 0 Å².